The molecule has 0 aliphatic rings. The number of sulfonamides is 1. The molecule has 6 nitrogen and oxygen atoms in total. The smallest absolute Gasteiger partial charge is 0.253 e. The molecule has 1 atom stereocenters. The molecule has 0 aromatic heterocycles. The van der Waals surface area contributed by atoms with Crippen molar-refractivity contribution in [1.82, 2.24) is 4.13 Å². The van der Waals surface area contributed by atoms with E-state index in [4.69, 9.17) is 4.55 Å². The van der Waals surface area contributed by atoms with Gasteiger partial charge in [0.05, 0.1) is 4.90 Å². The molecule has 1 aromatic carbocycles. The summed E-state index contributed by atoms with van der Waals surface area (Å²) in [4.78, 5) is 10.8. The third kappa shape index (κ3) is 3.20. The van der Waals surface area contributed by atoms with Crippen molar-refractivity contribution < 1.29 is 22.0 Å². The zero-order chi connectivity index (χ0) is 12.3. The highest BCUT2D eigenvalue weighted by Crippen LogP contribution is 2.11. The molecule has 0 radical (unpaired) electrons. The Kier molecular flexibility index (Phi) is 3.92. The predicted molar refractivity (Wildman–Crippen MR) is 57.5 cm³/mol. The lowest BCUT2D eigenvalue weighted by molar-refractivity contribution is 0.101. The standard InChI is InChI=1S/C8H9NO5S2/c1-6(10)7-3-2-4-8(5-7)16(13,14)9-15(11)12/h2-5,9H,1H3,(H,11,12). The summed E-state index contributed by atoms with van der Waals surface area (Å²) in [5.41, 5.74) is 0.214. The summed E-state index contributed by atoms with van der Waals surface area (Å²) in [6.07, 6.45) is 0. The molecule has 0 heterocycles. The van der Waals surface area contributed by atoms with E-state index in [1.807, 2.05) is 0 Å². The summed E-state index contributed by atoms with van der Waals surface area (Å²) in [5, 5.41) is 0. The average Bonchev–Trinajstić information content (AvgIpc) is 2.16. The lowest BCUT2D eigenvalue weighted by Crippen LogP contribution is -2.25. The minimum atomic E-state index is -4.07. The first kappa shape index (κ1) is 13.0. The van der Waals surface area contributed by atoms with Crippen LogP contribution in [0.2, 0.25) is 0 Å². The average molecular weight is 263 g/mol. The second-order valence-electron chi connectivity index (χ2n) is 2.92. The van der Waals surface area contributed by atoms with Gasteiger partial charge in [0, 0.05) is 5.56 Å². The number of nitrogens with one attached hydrogen (secondary N) is 1. The maximum Gasteiger partial charge on any atom is 0.253 e. The fourth-order valence-corrected chi connectivity index (χ4v) is 2.70. The van der Waals surface area contributed by atoms with Crippen LogP contribution in [0.1, 0.15) is 17.3 Å². The van der Waals surface area contributed by atoms with E-state index >= 15 is 0 Å². The molecule has 1 unspecified atom stereocenters. The first-order valence-electron chi connectivity index (χ1n) is 4.07. The molecule has 0 bridgehead atoms. The van der Waals surface area contributed by atoms with E-state index in [0.717, 1.165) is 6.07 Å². The summed E-state index contributed by atoms with van der Waals surface area (Å²) < 4.78 is 43.2. The summed E-state index contributed by atoms with van der Waals surface area (Å²) in [5.74, 6) is -0.290. The van der Waals surface area contributed by atoms with Gasteiger partial charge in [-0.3, -0.25) is 9.35 Å². The SMILES string of the molecule is CC(=O)c1cccc(S(=O)(=O)NS(=O)O)c1. The molecule has 2 N–H and O–H groups in total. The maximum absolute atomic E-state index is 11.4. The van der Waals surface area contributed by atoms with Crippen LogP contribution < -0.4 is 4.13 Å². The van der Waals surface area contributed by atoms with Crippen LogP contribution in [0.15, 0.2) is 29.2 Å². The van der Waals surface area contributed by atoms with Gasteiger partial charge in [-0.2, -0.15) is 0 Å². The van der Waals surface area contributed by atoms with Crippen molar-refractivity contribution in [3.8, 4) is 0 Å². The molecule has 0 amide bonds. The van der Waals surface area contributed by atoms with E-state index in [0.29, 0.717) is 0 Å². The Bertz CT molecular complexity index is 537. The Morgan fingerprint density at radius 2 is 2.06 bits per heavy atom. The van der Waals surface area contributed by atoms with Crippen LogP contribution in [0.3, 0.4) is 0 Å². The minimum Gasteiger partial charge on any atom is -0.295 e. The topological polar surface area (TPSA) is 101 Å². The number of carbonyl (C=O) groups is 1. The molecule has 0 saturated heterocycles. The highest BCUT2D eigenvalue weighted by molar-refractivity contribution is 8.00. The van der Waals surface area contributed by atoms with Crippen molar-refractivity contribution in [1.29, 1.82) is 0 Å². The van der Waals surface area contributed by atoms with Crippen LogP contribution in [0, 0.1) is 0 Å². The van der Waals surface area contributed by atoms with E-state index in [1.165, 1.54) is 29.3 Å². The highest BCUT2D eigenvalue weighted by Gasteiger charge is 2.17. The monoisotopic (exact) mass is 263 g/mol. The lowest BCUT2D eigenvalue weighted by atomic mass is 10.2. The molecule has 8 heteroatoms. The normalized spacial score (nSPS) is 13.4. The Labute approximate surface area is 95.1 Å². The van der Waals surface area contributed by atoms with Gasteiger partial charge in [-0.25, -0.2) is 12.6 Å². The Balaban J connectivity index is 3.19. The summed E-state index contributed by atoms with van der Waals surface area (Å²) >= 11 is -2.68. The van der Waals surface area contributed by atoms with Crippen molar-refractivity contribution in [2.45, 2.75) is 11.8 Å². The van der Waals surface area contributed by atoms with E-state index in [-0.39, 0.29) is 16.2 Å². The largest absolute Gasteiger partial charge is 0.295 e. The zero-order valence-electron chi connectivity index (χ0n) is 8.21. The van der Waals surface area contributed by atoms with Gasteiger partial charge in [-0.1, -0.05) is 12.1 Å². The molecule has 88 valence electrons. The number of benzene rings is 1. The maximum atomic E-state index is 11.4. The number of Topliss-reactive ketones (excluding diaryl/α,β-unsaturated/α-hetero) is 1. The quantitative estimate of drug-likeness (QED) is 0.601. The summed E-state index contributed by atoms with van der Waals surface area (Å²) in [6.45, 7) is 1.29. The van der Waals surface area contributed by atoms with Gasteiger partial charge < -0.3 is 0 Å². The predicted octanol–water partition coefficient (Wildman–Crippen LogP) is 0.304. The molecular formula is C8H9NO5S2. The van der Waals surface area contributed by atoms with E-state index in [9.17, 15) is 17.4 Å². The van der Waals surface area contributed by atoms with Gasteiger partial charge in [0.2, 0.25) is 11.3 Å². The van der Waals surface area contributed by atoms with E-state index in [2.05, 4.69) is 0 Å². The fraction of sp³-hybridized carbons (Fsp3) is 0.125. The number of ketones is 1. The summed E-state index contributed by atoms with van der Waals surface area (Å²) in [7, 11) is -4.07. The van der Waals surface area contributed by atoms with Crippen LogP contribution in [0.5, 0.6) is 0 Å². The molecule has 1 rings (SSSR count). The third-order valence-corrected chi connectivity index (χ3v) is 4.05. The Morgan fingerprint density at radius 1 is 1.44 bits per heavy atom. The van der Waals surface area contributed by atoms with Crippen molar-refractivity contribution in [3.63, 3.8) is 0 Å². The first-order chi connectivity index (χ1) is 7.33. The molecule has 0 spiro atoms. The zero-order valence-corrected chi connectivity index (χ0v) is 9.84. The number of carbonyl (C=O) groups excluding carboxylic acids is 1. The molecule has 0 saturated carbocycles. The number of hydrogen-bond acceptors (Lipinski definition) is 4. The van der Waals surface area contributed by atoms with E-state index < -0.39 is 21.3 Å². The third-order valence-electron chi connectivity index (χ3n) is 1.73. The van der Waals surface area contributed by atoms with Crippen molar-refractivity contribution in [2.24, 2.45) is 0 Å². The minimum absolute atomic E-state index is 0.214. The second kappa shape index (κ2) is 4.83. The van der Waals surface area contributed by atoms with Crippen LogP contribution in [0.25, 0.3) is 0 Å². The summed E-state index contributed by atoms with van der Waals surface area (Å²) in [6, 6.07) is 5.20. The van der Waals surface area contributed by atoms with Crippen LogP contribution in [-0.2, 0) is 21.3 Å². The molecule has 16 heavy (non-hydrogen) atoms. The van der Waals surface area contributed by atoms with Crippen molar-refractivity contribution >= 4 is 27.1 Å². The van der Waals surface area contributed by atoms with Crippen LogP contribution in [-0.4, -0.2) is 23.0 Å². The van der Waals surface area contributed by atoms with Gasteiger partial charge >= 0.3 is 0 Å². The molecule has 1 aromatic rings. The highest BCUT2D eigenvalue weighted by atomic mass is 32.3. The molecule has 0 fully saturated rings. The second-order valence-corrected chi connectivity index (χ2v) is 5.56. The molecular weight excluding hydrogens is 254 g/mol. The van der Waals surface area contributed by atoms with Gasteiger partial charge in [-0.15, -0.1) is 4.13 Å². The van der Waals surface area contributed by atoms with Crippen LogP contribution >= 0.6 is 0 Å². The molecule has 0 aliphatic carbocycles. The van der Waals surface area contributed by atoms with Crippen molar-refractivity contribution in [3.05, 3.63) is 29.8 Å². The van der Waals surface area contributed by atoms with Crippen molar-refractivity contribution in [2.75, 3.05) is 0 Å². The van der Waals surface area contributed by atoms with Gasteiger partial charge in [-0.05, 0) is 19.1 Å². The van der Waals surface area contributed by atoms with Gasteiger partial charge in [0.15, 0.2) is 5.78 Å². The number of hydrogen-bond donors (Lipinski definition) is 2. The lowest BCUT2D eigenvalue weighted by Gasteiger charge is -2.03. The van der Waals surface area contributed by atoms with Crippen LogP contribution in [0.4, 0.5) is 0 Å². The number of rotatable bonds is 4. The fourth-order valence-electron chi connectivity index (χ4n) is 1.02. The molecule has 0 aliphatic heterocycles. The Hall–Kier alpha value is -1.09. The Morgan fingerprint density at radius 3 is 2.56 bits per heavy atom. The first-order valence-corrected chi connectivity index (χ1v) is 6.66. The van der Waals surface area contributed by atoms with Gasteiger partial charge in [0.1, 0.15) is 0 Å². The van der Waals surface area contributed by atoms with E-state index in [1.54, 1.807) is 0 Å². The van der Waals surface area contributed by atoms with Gasteiger partial charge in [0.25, 0.3) is 10.0 Å².